The second-order valence-electron chi connectivity index (χ2n) is 3.80. The number of methoxy groups -OCH3 is 1. The minimum atomic E-state index is 0.852. The molecule has 0 bridgehead atoms. The van der Waals surface area contributed by atoms with Crippen molar-refractivity contribution >= 4 is 0 Å². The van der Waals surface area contributed by atoms with E-state index in [-0.39, 0.29) is 0 Å². The molecule has 1 aromatic carbocycles. The fourth-order valence-corrected chi connectivity index (χ4v) is 1.97. The van der Waals surface area contributed by atoms with Gasteiger partial charge in [-0.2, -0.15) is 0 Å². The van der Waals surface area contributed by atoms with Crippen molar-refractivity contribution in [2.45, 2.75) is 33.7 Å². The first-order chi connectivity index (χ1) is 7.70. The van der Waals surface area contributed by atoms with E-state index in [1.807, 2.05) is 18.9 Å². The van der Waals surface area contributed by atoms with Gasteiger partial charge in [0.2, 0.25) is 0 Å². The fourth-order valence-electron chi connectivity index (χ4n) is 1.97. The fraction of sp³-hybridized carbons (Fsp3) is 0.538. The van der Waals surface area contributed by atoms with Crippen LogP contribution in [0.15, 0.2) is 12.1 Å². The van der Waals surface area contributed by atoms with Gasteiger partial charge in [-0.05, 0) is 42.2 Å². The Morgan fingerprint density at radius 3 is 2.62 bits per heavy atom. The summed E-state index contributed by atoms with van der Waals surface area (Å²) in [6, 6.07) is 4.19. The summed E-state index contributed by atoms with van der Waals surface area (Å²) in [4.78, 5) is 0. The lowest BCUT2D eigenvalue weighted by atomic mass is 9.96. The summed E-state index contributed by atoms with van der Waals surface area (Å²) in [5.41, 5.74) is 4.01. The van der Waals surface area contributed by atoms with Crippen LogP contribution in [-0.2, 0) is 13.0 Å². The van der Waals surface area contributed by atoms with Crippen LogP contribution in [-0.4, -0.2) is 18.7 Å². The van der Waals surface area contributed by atoms with E-state index in [4.69, 9.17) is 10.6 Å². The highest BCUT2D eigenvalue weighted by Crippen LogP contribution is 2.26. The number of rotatable bonds is 1. The molecule has 90 valence electrons. The molecule has 3 heteroatoms. The van der Waals surface area contributed by atoms with Crippen LogP contribution in [0.4, 0.5) is 0 Å². The van der Waals surface area contributed by atoms with Crippen LogP contribution < -0.4 is 10.6 Å². The highest BCUT2D eigenvalue weighted by Gasteiger charge is 2.16. The van der Waals surface area contributed by atoms with Gasteiger partial charge in [-0.25, -0.2) is 5.01 Å². The molecule has 1 aliphatic heterocycles. The zero-order valence-electron chi connectivity index (χ0n) is 10.7. The van der Waals surface area contributed by atoms with Crippen molar-refractivity contribution in [1.82, 2.24) is 5.01 Å². The van der Waals surface area contributed by atoms with E-state index in [1.54, 1.807) is 7.11 Å². The van der Waals surface area contributed by atoms with E-state index in [2.05, 4.69) is 19.1 Å². The van der Waals surface area contributed by atoms with Crippen LogP contribution in [0.1, 0.15) is 30.5 Å². The highest BCUT2D eigenvalue weighted by atomic mass is 16.5. The number of hydrazine groups is 1. The van der Waals surface area contributed by atoms with Crippen molar-refractivity contribution in [2.75, 3.05) is 13.7 Å². The summed E-state index contributed by atoms with van der Waals surface area (Å²) in [7, 11) is 1.71. The number of hydrogen-bond donors (Lipinski definition) is 1. The maximum absolute atomic E-state index is 5.79. The molecule has 0 aromatic heterocycles. The van der Waals surface area contributed by atoms with Crippen LogP contribution in [0.2, 0.25) is 0 Å². The van der Waals surface area contributed by atoms with E-state index >= 15 is 0 Å². The zero-order chi connectivity index (χ0) is 12.1. The molecule has 0 amide bonds. The number of fused-ring (bicyclic) bond motifs is 1. The lowest BCUT2D eigenvalue weighted by Crippen LogP contribution is -2.36. The number of ether oxygens (including phenoxy) is 1. The van der Waals surface area contributed by atoms with E-state index in [1.165, 1.54) is 16.7 Å². The molecule has 0 radical (unpaired) electrons. The van der Waals surface area contributed by atoms with E-state index < -0.39 is 0 Å². The molecule has 1 aliphatic rings. The highest BCUT2D eigenvalue weighted by molar-refractivity contribution is 5.42. The van der Waals surface area contributed by atoms with Gasteiger partial charge in [-0.15, -0.1) is 0 Å². The quantitative estimate of drug-likeness (QED) is 0.741. The Labute approximate surface area is 98.2 Å². The van der Waals surface area contributed by atoms with Crippen molar-refractivity contribution < 1.29 is 4.74 Å². The molecule has 0 spiro atoms. The van der Waals surface area contributed by atoms with E-state index in [9.17, 15) is 0 Å². The predicted molar refractivity (Wildman–Crippen MR) is 67.4 cm³/mol. The molecule has 2 N–H and O–H groups in total. The molecule has 0 saturated heterocycles. The van der Waals surface area contributed by atoms with Crippen molar-refractivity contribution in [1.29, 1.82) is 0 Å². The summed E-state index contributed by atoms with van der Waals surface area (Å²) in [6.45, 7) is 7.89. The summed E-state index contributed by atoms with van der Waals surface area (Å²) >= 11 is 0. The topological polar surface area (TPSA) is 38.5 Å². The summed E-state index contributed by atoms with van der Waals surface area (Å²) in [5, 5.41) is 1.86. The molecule has 1 heterocycles. The maximum atomic E-state index is 5.79. The van der Waals surface area contributed by atoms with Gasteiger partial charge in [-0.1, -0.05) is 13.8 Å². The third-order valence-corrected chi connectivity index (χ3v) is 2.80. The molecule has 2 rings (SSSR count). The number of aryl methyl sites for hydroxylation is 1. The smallest absolute Gasteiger partial charge is 0.119 e. The Bertz CT molecular complexity index is 350. The minimum absolute atomic E-state index is 0.852. The molecule has 16 heavy (non-hydrogen) atoms. The second-order valence-corrected chi connectivity index (χ2v) is 3.80. The van der Waals surface area contributed by atoms with Gasteiger partial charge in [0.05, 0.1) is 7.11 Å². The standard InChI is InChI=1S/C11H16N2O.C2H6/c1-8-5-10(14-2)6-9-3-4-13(12)7-11(8)9;1-2/h5-6H,3-4,7,12H2,1-2H3;1-2H3. The first-order valence-corrected chi connectivity index (χ1v) is 5.86. The van der Waals surface area contributed by atoms with E-state index in [0.717, 1.165) is 25.3 Å². The molecule has 0 unspecified atom stereocenters. The van der Waals surface area contributed by atoms with Crippen molar-refractivity contribution in [3.05, 3.63) is 28.8 Å². The van der Waals surface area contributed by atoms with Gasteiger partial charge in [0.25, 0.3) is 0 Å². The third-order valence-electron chi connectivity index (χ3n) is 2.80. The van der Waals surface area contributed by atoms with Crippen LogP contribution in [0.25, 0.3) is 0 Å². The number of nitrogens with zero attached hydrogens (tertiary/aromatic N) is 1. The SMILES string of the molecule is CC.COc1cc(C)c2c(c1)CCN(N)C2. The van der Waals surface area contributed by atoms with Crippen molar-refractivity contribution in [2.24, 2.45) is 5.84 Å². The van der Waals surface area contributed by atoms with E-state index in [0.29, 0.717) is 0 Å². The Morgan fingerprint density at radius 2 is 2.00 bits per heavy atom. The molecular weight excluding hydrogens is 200 g/mol. The molecule has 0 fully saturated rings. The second kappa shape index (κ2) is 5.87. The van der Waals surface area contributed by atoms with Crippen LogP contribution >= 0.6 is 0 Å². The van der Waals surface area contributed by atoms with Crippen molar-refractivity contribution in [3.8, 4) is 5.75 Å². The van der Waals surface area contributed by atoms with Gasteiger partial charge in [0.1, 0.15) is 5.75 Å². The molecule has 1 aromatic rings. The van der Waals surface area contributed by atoms with Gasteiger partial charge in [-0.3, -0.25) is 5.84 Å². The van der Waals surface area contributed by atoms with Gasteiger partial charge in [0, 0.05) is 13.1 Å². The number of nitrogens with two attached hydrogens (primary N) is 1. The Morgan fingerprint density at radius 1 is 1.31 bits per heavy atom. The number of hydrogen-bond acceptors (Lipinski definition) is 3. The Balaban J connectivity index is 0.000000606. The third kappa shape index (κ3) is 2.74. The largest absolute Gasteiger partial charge is 0.497 e. The average Bonchev–Trinajstić information content (AvgIpc) is 2.32. The normalized spacial score (nSPS) is 14.8. The maximum Gasteiger partial charge on any atom is 0.119 e. The monoisotopic (exact) mass is 222 g/mol. The molecule has 3 nitrogen and oxygen atoms in total. The van der Waals surface area contributed by atoms with Crippen LogP contribution in [0.5, 0.6) is 5.75 Å². The van der Waals surface area contributed by atoms with Gasteiger partial charge in [0.15, 0.2) is 0 Å². The van der Waals surface area contributed by atoms with Crippen LogP contribution in [0.3, 0.4) is 0 Å². The van der Waals surface area contributed by atoms with Crippen molar-refractivity contribution in [3.63, 3.8) is 0 Å². The number of benzene rings is 1. The van der Waals surface area contributed by atoms with Gasteiger partial charge < -0.3 is 4.74 Å². The molecular formula is C13H22N2O. The Kier molecular flexibility index (Phi) is 4.77. The summed E-state index contributed by atoms with van der Waals surface area (Å²) in [5.74, 6) is 6.74. The van der Waals surface area contributed by atoms with Gasteiger partial charge >= 0.3 is 0 Å². The molecule has 0 aliphatic carbocycles. The molecule has 0 saturated carbocycles. The lowest BCUT2D eigenvalue weighted by Gasteiger charge is -2.26. The average molecular weight is 222 g/mol. The first kappa shape index (κ1) is 13.0. The lowest BCUT2D eigenvalue weighted by molar-refractivity contribution is 0.261. The minimum Gasteiger partial charge on any atom is -0.497 e. The van der Waals surface area contributed by atoms with Crippen LogP contribution in [0, 0.1) is 6.92 Å². The molecule has 0 atom stereocenters. The first-order valence-electron chi connectivity index (χ1n) is 5.86. The summed E-state index contributed by atoms with van der Waals surface area (Å²) in [6.07, 6.45) is 1.02. The Hall–Kier alpha value is -1.06. The zero-order valence-corrected chi connectivity index (χ0v) is 10.7. The summed E-state index contributed by atoms with van der Waals surface area (Å²) < 4.78 is 5.24. The predicted octanol–water partition coefficient (Wildman–Crippen LogP) is 2.26.